The van der Waals surface area contributed by atoms with Crippen LogP contribution in [0.5, 0.6) is 0 Å². The Morgan fingerprint density at radius 3 is 2.76 bits per heavy atom. The molecule has 0 saturated heterocycles. The van der Waals surface area contributed by atoms with Gasteiger partial charge in [0.15, 0.2) is 0 Å². The second kappa shape index (κ2) is 5.82. The van der Waals surface area contributed by atoms with Crippen molar-refractivity contribution >= 4 is 10.9 Å². The number of hydrogen-bond donors (Lipinski definition) is 1. The summed E-state index contributed by atoms with van der Waals surface area (Å²) in [6.07, 6.45) is 4.84. The van der Waals surface area contributed by atoms with Crippen LogP contribution in [0.25, 0.3) is 10.9 Å². The van der Waals surface area contributed by atoms with Crippen molar-refractivity contribution in [2.45, 2.75) is 58.3 Å². The second-order valence-corrected chi connectivity index (χ2v) is 7.02. The molecule has 1 aromatic heterocycles. The number of benzene rings is 1. The molecule has 3 nitrogen and oxygen atoms in total. The Bertz CT molecular complexity index is 605. The van der Waals surface area contributed by atoms with E-state index < -0.39 is 0 Å². The molecule has 1 aliphatic carbocycles. The number of rotatable bonds is 6. The number of ether oxygens (including phenoxy) is 1. The molecule has 0 bridgehead atoms. The van der Waals surface area contributed by atoms with E-state index in [1.807, 2.05) is 0 Å². The first-order valence-electron chi connectivity index (χ1n) is 7.96. The van der Waals surface area contributed by atoms with Gasteiger partial charge in [0.25, 0.3) is 0 Å². The van der Waals surface area contributed by atoms with Crippen molar-refractivity contribution in [2.75, 3.05) is 6.61 Å². The monoisotopic (exact) mass is 286 g/mol. The first kappa shape index (κ1) is 14.6. The normalized spacial score (nSPS) is 15.8. The van der Waals surface area contributed by atoms with Crippen molar-refractivity contribution in [3.63, 3.8) is 0 Å². The molecule has 1 N–H and O–H groups in total. The quantitative estimate of drug-likeness (QED) is 0.876. The summed E-state index contributed by atoms with van der Waals surface area (Å²) < 4.78 is 8.09. The second-order valence-electron chi connectivity index (χ2n) is 7.02. The fraction of sp³-hybridized carbons (Fsp3) is 0.556. The van der Waals surface area contributed by atoms with Crippen LogP contribution in [-0.2, 0) is 17.8 Å². The maximum absolute atomic E-state index is 5.82. The van der Waals surface area contributed by atoms with Crippen LogP contribution in [0.2, 0.25) is 0 Å². The van der Waals surface area contributed by atoms with Crippen molar-refractivity contribution in [1.29, 1.82) is 0 Å². The van der Waals surface area contributed by atoms with E-state index in [-0.39, 0.29) is 5.60 Å². The van der Waals surface area contributed by atoms with Crippen LogP contribution >= 0.6 is 0 Å². The summed E-state index contributed by atoms with van der Waals surface area (Å²) in [5.41, 5.74) is 2.60. The smallest absolute Gasteiger partial charge is 0.0652 e. The molecule has 1 fully saturated rings. The number of fused-ring (bicyclic) bond motifs is 1. The summed E-state index contributed by atoms with van der Waals surface area (Å²) in [4.78, 5) is 0. The number of nitrogens with one attached hydrogen (secondary N) is 1. The highest BCUT2D eigenvalue weighted by Crippen LogP contribution is 2.21. The van der Waals surface area contributed by atoms with Crippen molar-refractivity contribution in [3.05, 3.63) is 36.0 Å². The van der Waals surface area contributed by atoms with Crippen LogP contribution in [0.1, 0.15) is 39.2 Å². The molecule has 0 aliphatic heterocycles. The zero-order valence-corrected chi connectivity index (χ0v) is 13.4. The van der Waals surface area contributed by atoms with Gasteiger partial charge in [-0.15, -0.1) is 0 Å². The minimum absolute atomic E-state index is 0.0649. The molecule has 1 aromatic carbocycles. The molecule has 1 saturated carbocycles. The molecular weight excluding hydrogens is 260 g/mol. The SMILES string of the molecule is CC(C)(C)OCCn1ccc2cc(CNC3CC3)ccc21. The lowest BCUT2D eigenvalue weighted by Crippen LogP contribution is -2.21. The highest BCUT2D eigenvalue weighted by atomic mass is 16.5. The van der Waals surface area contributed by atoms with E-state index >= 15 is 0 Å². The number of aromatic nitrogens is 1. The van der Waals surface area contributed by atoms with Gasteiger partial charge in [-0.25, -0.2) is 0 Å². The summed E-state index contributed by atoms with van der Waals surface area (Å²) in [6.45, 7) is 8.93. The van der Waals surface area contributed by atoms with Gasteiger partial charge in [-0.05, 0) is 62.8 Å². The van der Waals surface area contributed by atoms with Gasteiger partial charge in [0.1, 0.15) is 0 Å². The van der Waals surface area contributed by atoms with Gasteiger partial charge < -0.3 is 14.6 Å². The maximum atomic E-state index is 5.82. The first-order chi connectivity index (χ1) is 10.0. The van der Waals surface area contributed by atoms with E-state index in [1.165, 1.54) is 29.3 Å². The van der Waals surface area contributed by atoms with Crippen LogP contribution in [0.15, 0.2) is 30.5 Å². The molecule has 3 rings (SSSR count). The molecule has 0 spiro atoms. The summed E-state index contributed by atoms with van der Waals surface area (Å²) in [7, 11) is 0. The fourth-order valence-electron chi connectivity index (χ4n) is 2.55. The lowest BCUT2D eigenvalue weighted by molar-refractivity contribution is -0.00644. The zero-order valence-electron chi connectivity index (χ0n) is 13.4. The highest BCUT2D eigenvalue weighted by Gasteiger charge is 2.19. The van der Waals surface area contributed by atoms with Crippen LogP contribution in [0.4, 0.5) is 0 Å². The molecule has 0 atom stereocenters. The maximum Gasteiger partial charge on any atom is 0.0652 e. The van der Waals surface area contributed by atoms with Gasteiger partial charge in [0.2, 0.25) is 0 Å². The molecule has 114 valence electrons. The Labute approximate surface area is 127 Å². The van der Waals surface area contributed by atoms with Gasteiger partial charge in [-0.1, -0.05) is 6.07 Å². The van der Waals surface area contributed by atoms with Crippen LogP contribution in [0.3, 0.4) is 0 Å². The highest BCUT2D eigenvalue weighted by molar-refractivity contribution is 5.80. The predicted octanol–water partition coefficient (Wildman–Crippen LogP) is 3.71. The summed E-state index contributed by atoms with van der Waals surface area (Å²) in [6, 6.07) is 9.73. The molecule has 1 aliphatic rings. The fourth-order valence-corrected chi connectivity index (χ4v) is 2.55. The molecular formula is C18H26N2O. The molecule has 0 amide bonds. The van der Waals surface area contributed by atoms with Crippen molar-refractivity contribution in [1.82, 2.24) is 9.88 Å². The molecule has 3 heteroatoms. The van der Waals surface area contributed by atoms with E-state index in [0.29, 0.717) is 0 Å². The Kier molecular flexibility index (Phi) is 4.05. The van der Waals surface area contributed by atoms with E-state index in [9.17, 15) is 0 Å². The van der Waals surface area contributed by atoms with E-state index in [0.717, 1.165) is 25.7 Å². The van der Waals surface area contributed by atoms with Gasteiger partial charge in [0.05, 0.1) is 12.2 Å². The first-order valence-corrected chi connectivity index (χ1v) is 7.96. The molecule has 21 heavy (non-hydrogen) atoms. The topological polar surface area (TPSA) is 26.2 Å². The third-order valence-corrected chi connectivity index (χ3v) is 3.87. The van der Waals surface area contributed by atoms with E-state index in [2.05, 4.69) is 61.1 Å². The third-order valence-electron chi connectivity index (χ3n) is 3.87. The van der Waals surface area contributed by atoms with E-state index in [4.69, 9.17) is 4.74 Å². The summed E-state index contributed by atoms with van der Waals surface area (Å²) >= 11 is 0. The third kappa shape index (κ3) is 4.08. The van der Waals surface area contributed by atoms with Gasteiger partial charge in [0, 0.05) is 30.8 Å². The lowest BCUT2D eigenvalue weighted by Gasteiger charge is -2.19. The van der Waals surface area contributed by atoms with Crippen molar-refractivity contribution in [2.24, 2.45) is 0 Å². The number of nitrogens with zero attached hydrogens (tertiary/aromatic N) is 1. The molecule has 2 aromatic rings. The summed E-state index contributed by atoms with van der Waals surface area (Å²) in [5, 5.41) is 4.89. The van der Waals surface area contributed by atoms with Crippen LogP contribution < -0.4 is 5.32 Å². The molecule has 0 radical (unpaired) electrons. The average Bonchev–Trinajstić information content (AvgIpc) is 3.17. The van der Waals surface area contributed by atoms with Crippen molar-refractivity contribution in [3.8, 4) is 0 Å². The van der Waals surface area contributed by atoms with Crippen molar-refractivity contribution < 1.29 is 4.74 Å². The van der Waals surface area contributed by atoms with Gasteiger partial charge >= 0.3 is 0 Å². The predicted molar refractivity (Wildman–Crippen MR) is 87.5 cm³/mol. The Morgan fingerprint density at radius 1 is 1.24 bits per heavy atom. The van der Waals surface area contributed by atoms with Crippen LogP contribution in [-0.4, -0.2) is 22.8 Å². The zero-order chi connectivity index (χ0) is 14.9. The number of hydrogen-bond acceptors (Lipinski definition) is 2. The van der Waals surface area contributed by atoms with Gasteiger partial charge in [-0.2, -0.15) is 0 Å². The largest absolute Gasteiger partial charge is 0.374 e. The summed E-state index contributed by atoms with van der Waals surface area (Å²) in [5.74, 6) is 0. The Morgan fingerprint density at radius 2 is 2.05 bits per heavy atom. The lowest BCUT2D eigenvalue weighted by atomic mass is 10.1. The standard InChI is InChI=1S/C18H26N2O/c1-18(2,3)21-11-10-20-9-8-15-12-14(4-7-17(15)20)13-19-16-5-6-16/h4,7-9,12,16,19H,5-6,10-11,13H2,1-3H3. The Hall–Kier alpha value is -1.32. The molecule has 1 heterocycles. The minimum atomic E-state index is -0.0649. The van der Waals surface area contributed by atoms with Gasteiger partial charge in [-0.3, -0.25) is 0 Å². The minimum Gasteiger partial charge on any atom is -0.374 e. The van der Waals surface area contributed by atoms with Crippen LogP contribution in [0, 0.1) is 0 Å². The van der Waals surface area contributed by atoms with E-state index in [1.54, 1.807) is 0 Å². The average molecular weight is 286 g/mol. The Balaban J connectivity index is 1.64. The molecule has 0 unspecified atom stereocenters.